The van der Waals surface area contributed by atoms with Crippen LogP contribution < -0.4 is 4.74 Å². The molecule has 0 spiro atoms. The highest BCUT2D eigenvalue weighted by Crippen LogP contribution is 2.20. The normalized spacial score (nSPS) is 20.1. The molecule has 0 amide bonds. The first-order valence-electron chi connectivity index (χ1n) is 6.30. The highest BCUT2D eigenvalue weighted by atomic mass is 16.5. The van der Waals surface area contributed by atoms with Crippen molar-refractivity contribution < 1.29 is 9.84 Å². The second-order valence-corrected chi connectivity index (χ2v) is 4.83. The molecule has 0 aliphatic carbocycles. The number of rotatable bonds is 4. The molecule has 1 unspecified atom stereocenters. The number of likely N-dealkylation sites (tertiary alicyclic amines) is 1. The van der Waals surface area contributed by atoms with Gasteiger partial charge in [0.2, 0.25) is 0 Å². The Labute approximate surface area is 103 Å². The molecule has 94 valence electrons. The number of piperidine rings is 1. The molecule has 1 aliphatic rings. The van der Waals surface area contributed by atoms with Gasteiger partial charge in [0.25, 0.3) is 0 Å². The monoisotopic (exact) mass is 235 g/mol. The Morgan fingerprint density at radius 3 is 2.59 bits per heavy atom. The summed E-state index contributed by atoms with van der Waals surface area (Å²) in [5.41, 5.74) is 0. The molecule has 3 heteroatoms. The van der Waals surface area contributed by atoms with E-state index in [1.807, 2.05) is 30.3 Å². The van der Waals surface area contributed by atoms with Gasteiger partial charge in [-0.1, -0.05) is 18.2 Å². The summed E-state index contributed by atoms with van der Waals surface area (Å²) in [7, 11) is 2.13. The summed E-state index contributed by atoms with van der Waals surface area (Å²) < 4.78 is 5.58. The number of aliphatic hydroxyl groups is 1. The van der Waals surface area contributed by atoms with Crippen LogP contribution in [0.15, 0.2) is 30.3 Å². The fourth-order valence-electron chi connectivity index (χ4n) is 2.25. The summed E-state index contributed by atoms with van der Waals surface area (Å²) >= 11 is 0. The topological polar surface area (TPSA) is 32.7 Å². The predicted octanol–water partition coefficient (Wildman–Crippen LogP) is 1.77. The van der Waals surface area contributed by atoms with Crippen molar-refractivity contribution in [2.24, 2.45) is 5.92 Å². The highest BCUT2D eigenvalue weighted by Gasteiger charge is 2.24. The summed E-state index contributed by atoms with van der Waals surface area (Å²) in [6, 6.07) is 9.68. The van der Waals surface area contributed by atoms with Crippen LogP contribution in [0.2, 0.25) is 0 Å². The van der Waals surface area contributed by atoms with Crippen molar-refractivity contribution in [1.82, 2.24) is 4.90 Å². The number of ether oxygens (including phenoxy) is 1. The van der Waals surface area contributed by atoms with Crippen LogP contribution in [-0.2, 0) is 0 Å². The summed E-state index contributed by atoms with van der Waals surface area (Å²) in [6.45, 7) is 2.55. The molecule has 2 rings (SSSR count). The quantitative estimate of drug-likeness (QED) is 0.863. The van der Waals surface area contributed by atoms with Gasteiger partial charge in [-0.05, 0) is 51.0 Å². The molecule has 1 atom stereocenters. The molecule has 0 saturated carbocycles. The van der Waals surface area contributed by atoms with Crippen LogP contribution >= 0.6 is 0 Å². The molecule has 0 bridgehead atoms. The van der Waals surface area contributed by atoms with E-state index in [0.717, 1.165) is 31.7 Å². The Morgan fingerprint density at radius 1 is 1.29 bits per heavy atom. The standard InChI is InChI=1S/C14H21NO2/c1-15-9-7-12(8-10-15)14(16)11-17-13-5-3-2-4-6-13/h2-6,12,14,16H,7-11H2,1H3. The summed E-state index contributed by atoms with van der Waals surface area (Å²) in [5.74, 6) is 1.22. The molecule has 1 saturated heterocycles. The van der Waals surface area contributed by atoms with Crippen LogP contribution in [0.25, 0.3) is 0 Å². The molecule has 1 aromatic rings. The maximum Gasteiger partial charge on any atom is 0.119 e. The van der Waals surface area contributed by atoms with Crippen LogP contribution in [-0.4, -0.2) is 42.9 Å². The number of benzene rings is 1. The van der Waals surface area contributed by atoms with E-state index in [9.17, 15) is 5.11 Å². The van der Waals surface area contributed by atoms with Crippen LogP contribution in [0.4, 0.5) is 0 Å². The van der Waals surface area contributed by atoms with Crippen molar-refractivity contribution in [2.45, 2.75) is 18.9 Å². The summed E-state index contributed by atoms with van der Waals surface area (Å²) in [6.07, 6.45) is 1.79. The van der Waals surface area contributed by atoms with E-state index >= 15 is 0 Å². The fourth-order valence-corrected chi connectivity index (χ4v) is 2.25. The van der Waals surface area contributed by atoms with E-state index in [-0.39, 0.29) is 6.10 Å². The molecule has 1 aliphatic heterocycles. The van der Waals surface area contributed by atoms with Gasteiger partial charge in [0.15, 0.2) is 0 Å². The second-order valence-electron chi connectivity index (χ2n) is 4.83. The zero-order valence-electron chi connectivity index (χ0n) is 10.4. The number of nitrogens with zero attached hydrogens (tertiary/aromatic N) is 1. The Morgan fingerprint density at radius 2 is 1.94 bits per heavy atom. The van der Waals surface area contributed by atoms with Crippen LogP contribution in [0.5, 0.6) is 5.75 Å². The molecular weight excluding hydrogens is 214 g/mol. The third-order valence-electron chi connectivity index (χ3n) is 3.47. The SMILES string of the molecule is CN1CCC(C(O)COc2ccccc2)CC1. The van der Waals surface area contributed by atoms with Gasteiger partial charge < -0.3 is 14.7 Å². The molecule has 1 aromatic carbocycles. The summed E-state index contributed by atoms with van der Waals surface area (Å²) in [5, 5.41) is 10.1. The van der Waals surface area contributed by atoms with Crippen LogP contribution in [0.3, 0.4) is 0 Å². The van der Waals surface area contributed by atoms with E-state index in [4.69, 9.17) is 4.74 Å². The number of hydrogen-bond donors (Lipinski definition) is 1. The lowest BCUT2D eigenvalue weighted by atomic mass is 9.92. The maximum absolute atomic E-state index is 10.1. The third-order valence-corrected chi connectivity index (χ3v) is 3.47. The molecule has 1 heterocycles. The third kappa shape index (κ3) is 3.72. The van der Waals surface area contributed by atoms with Crippen molar-refractivity contribution in [3.8, 4) is 5.75 Å². The van der Waals surface area contributed by atoms with E-state index in [2.05, 4.69) is 11.9 Å². The van der Waals surface area contributed by atoms with Crippen molar-refractivity contribution in [3.05, 3.63) is 30.3 Å². The molecule has 17 heavy (non-hydrogen) atoms. The minimum atomic E-state index is -0.344. The Hall–Kier alpha value is -1.06. The fraction of sp³-hybridized carbons (Fsp3) is 0.571. The van der Waals surface area contributed by atoms with Crippen molar-refractivity contribution >= 4 is 0 Å². The largest absolute Gasteiger partial charge is 0.491 e. The lowest BCUT2D eigenvalue weighted by Crippen LogP contribution is -2.37. The van der Waals surface area contributed by atoms with Crippen molar-refractivity contribution in [1.29, 1.82) is 0 Å². The van der Waals surface area contributed by atoms with Gasteiger partial charge >= 0.3 is 0 Å². The lowest BCUT2D eigenvalue weighted by molar-refractivity contribution is 0.0298. The first-order valence-corrected chi connectivity index (χ1v) is 6.30. The molecule has 1 N–H and O–H groups in total. The first kappa shape index (κ1) is 12.4. The number of hydrogen-bond acceptors (Lipinski definition) is 3. The first-order chi connectivity index (χ1) is 8.25. The smallest absolute Gasteiger partial charge is 0.119 e. The Bertz CT molecular complexity index is 320. The average molecular weight is 235 g/mol. The summed E-state index contributed by atoms with van der Waals surface area (Å²) in [4.78, 5) is 2.31. The van der Waals surface area contributed by atoms with Crippen LogP contribution in [0, 0.1) is 5.92 Å². The van der Waals surface area contributed by atoms with Gasteiger partial charge in [0.05, 0.1) is 6.10 Å². The maximum atomic E-state index is 10.1. The van der Waals surface area contributed by atoms with Crippen molar-refractivity contribution in [3.63, 3.8) is 0 Å². The lowest BCUT2D eigenvalue weighted by Gasteiger charge is -2.31. The zero-order chi connectivity index (χ0) is 12.1. The van der Waals surface area contributed by atoms with Crippen molar-refractivity contribution in [2.75, 3.05) is 26.7 Å². The average Bonchev–Trinajstić information content (AvgIpc) is 2.38. The highest BCUT2D eigenvalue weighted by molar-refractivity contribution is 5.20. The minimum absolute atomic E-state index is 0.344. The predicted molar refractivity (Wildman–Crippen MR) is 68.2 cm³/mol. The Kier molecular flexibility index (Phi) is 4.40. The van der Waals surface area contributed by atoms with Crippen LogP contribution in [0.1, 0.15) is 12.8 Å². The molecule has 0 aromatic heterocycles. The van der Waals surface area contributed by atoms with E-state index in [1.165, 1.54) is 0 Å². The van der Waals surface area contributed by atoms with Gasteiger partial charge in [-0.15, -0.1) is 0 Å². The van der Waals surface area contributed by atoms with Gasteiger partial charge in [0, 0.05) is 0 Å². The number of para-hydroxylation sites is 1. The Balaban J connectivity index is 1.75. The minimum Gasteiger partial charge on any atom is -0.491 e. The van der Waals surface area contributed by atoms with E-state index in [0.29, 0.717) is 12.5 Å². The van der Waals surface area contributed by atoms with Gasteiger partial charge in [-0.2, -0.15) is 0 Å². The molecule has 0 radical (unpaired) electrons. The van der Waals surface area contributed by atoms with E-state index < -0.39 is 0 Å². The number of aliphatic hydroxyl groups excluding tert-OH is 1. The molecule has 1 fully saturated rings. The molecular formula is C14H21NO2. The van der Waals surface area contributed by atoms with Gasteiger partial charge in [0.1, 0.15) is 12.4 Å². The van der Waals surface area contributed by atoms with Gasteiger partial charge in [-0.3, -0.25) is 0 Å². The van der Waals surface area contributed by atoms with Gasteiger partial charge in [-0.25, -0.2) is 0 Å². The zero-order valence-corrected chi connectivity index (χ0v) is 10.4. The van der Waals surface area contributed by atoms with E-state index in [1.54, 1.807) is 0 Å². The molecule has 3 nitrogen and oxygen atoms in total. The second kappa shape index (κ2) is 6.03.